The smallest absolute Gasteiger partial charge is 0.314 e. The number of nitrogens with one attached hydrogen (secondary N) is 2. The van der Waals surface area contributed by atoms with Crippen LogP contribution in [0.25, 0.3) is 0 Å². The lowest BCUT2D eigenvalue weighted by Crippen LogP contribution is -2.37. The molecule has 0 aromatic carbocycles. The summed E-state index contributed by atoms with van der Waals surface area (Å²) in [6, 6.07) is -0.267. The summed E-state index contributed by atoms with van der Waals surface area (Å²) in [5.41, 5.74) is 0. The van der Waals surface area contributed by atoms with E-state index in [2.05, 4.69) is 10.6 Å². The van der Waals surface area contributed by atoms with Gasteiger partial charge in [0.15, 0.2) is 0 Å². The van der Waals surface area contributed by atoms with Gasteiger partial charge >= 0.3 is 12.0 Å². The predicted octanol–water partition coefficient (Wildman–Crippen LogP) is 2.12. The molecule has 0 spiro atoms. The van der Waals surface area contributed by atoms with Gasteiger partial charge in [0, 0.05) is 13.1 Å². The molecule has 0 saturated heterocycles. The Morgan fingerprint density at radius 2 is 1.72 bits per heavy atom. The largest absolute Gasteiger partial charge is 0.481 e. The van der Waals surface area contributed by atoms with Crippen molar-refractivity contribution in [1.82, 2.24) is 10.6 Å². The van der Waals surface area contributed by atoms with Crippen molar-refractivity contribution >= 4 is 12.0 Å². The molecule has 0 atom stereocenters. The third-order valence-electron chi connectivity index (χ3n) is 3.42. The van der Waals surface area contributed by atoms with Crippen LogP contribution in [0.2, 0.25) is 0 Å². The summed E-state index contributed by atoms with van der Waals surface area (Å²) < 4.78 is 0. The van der Waals surface area contributed by atoms with Crippen LogP contribution in [0.3, 0.4) is 0 Å². The van der Waals surface area contributed by atoms with Crippen molar-refractivity contribution in [3.8, 4) is 0 Å². The van der Waals surface area contributed by atoms with Gasteiger partial charge in [-0.05, 0) is 12.3 Å². The Labute approximate surface area is 108 Å². The molecule has 1 fully saturated rings. The normalized spacial score (nSPS) is 15.6. The maximum atomic E-state index is 11.2. The molecule has 5 heteroatoms. The zero-order chi connectivity index (χ0) is 13.2. The zero-order valence-electron chi connectivity index (χ0n) is 10.9. The van der Waals surface area contributed by atoms with E-state index in [-0.39, 0.29) is 19.0 Å². The molecule has 0 bridgehead atoms. The lowest BCUT2D eigenvalue weighted by molar-refractivity contribution is -0.136. The van der Waals surface area contributed by atoms with E-state index < -0.39 is 5.97 Å². The first-order valence-corrected chi connectivity index (χ1v) is 6.92. The first kappa shape index (κ1) is 14.8. The maximum absolute atomic E-state index is 11.2. The van der Waals surface area contributed by atoms with Crippen LogP contribution in [0, 0.1) is 5.92 Å². The number of unbranched alkanes of at least 4 members (excludes halogenated alkanes) is 1. The molecule has 0 radical (unpaired) electrons. The minimum atomic E-state index is -0.896. The van der Waals surface area contributed by atoms with Crippen molar-refractivity contribution in [1.29, 1.82) is 0 Å². The highest BCUT2D eigenvalue weighted by molar-refractivity contribution is 5.74. The predicted molar refractivity (Wildman–Crippen MR) is 69.5 cm³/mol. The van der Waals surface area contributed by atoms with Crippen molar-refractivity contribution in [2.75, 3.05) is 13.1 Å². The second kappa shape index (κ2) is 8.78. The molecule has 0 heterocycles. The number of carboxylic acids is 1. The van der Waals surface area contributed by atoms with Gasteiger partial charge in [0.05, 0.1) is 6.42 Å². The number of hydrogen-bond donors (Lipinski definition) is 3. The fourth-order valence-corrected chi connectivity index (χ4v) is 2.40. The summed E-state index contributed by atoms with van der Waals surface area (Å²) in [7, 11) is 0. The van der Waals surface area contributed by atoms with E-state index in [9.17, 15) is 9.59 Å². The van der Waals surface area contributed by atoms with Gasteiger partial charge in [-0.2, -0.15) is 0 Å². The molecule has 0 aliphatic heterocycles. The second-order valence-corrected chi connectivity index (χ2v) is 4.97. The van der Waals surface area contributed by atoms with Crippen LogP contribution < -0.4 is 10.6 Å². The van der Waals surface area contributed by atoms with Gasteiger partial charge in [0.25, 0.3) is 0 Å². The first-order chi connectivity index (χ1) is 8.68. The molecule has 104 valence electrons. The van der Waals surface area contributed by atoms with E-state index in [4.69, 9.17) is 5.11 Å². The van der Waals surface area contributed by atoms with Crippen LogP contribution in [0.1, 0.15) is 51.4 Å². The third kappa shape index (κ3) is 7.14. The molecule has 0 aromatic heterocycles. The number of carbonyl (C=O) groups is 2. The zero-order valence-corrected chi connectivity index (χ0v) is 10.9. The SMILES string of the molecule is O=C(O)CCNC(=O)NCCCCC1CCCC1. The van der Waals surface area contributed by atoms with Crippen LogP contribution in [0.15, 0.2) is 0 Å². The molecule has 1 aliphatic rings. The molecule has 2 amide bonds. The Balaban J connectivity index is 1.87. The number of amides is 2. The van der Waals surface area contributed by atoms with E-state index in [1.54, 1.807) is 0 Å². The Bertz CT molecular complexity index is 263. The number of urea groups is 1. The quantitative estimate of drug-likeness (QED) is 0.582. The highest BCUT2D eigenvalue weighted by Crippen LogP contribution is 2.28. The molecule has 1 aliphatic carbocycles. The molecular weight excluding hydrogens is 232 g/mol. The van der Waals surface area contributed by atoms with Crippen LogP contribution in [0.5, 0.6) is 0 Å². The van der Waals surface area contributed by atoms with Crippen LogP contribution >= 0.6 is 0 Å². The van der Waals surface area contributed by atoms with Crippen LogP contribution in [0.4, 0.5) is 4.79 Å². The molecule has 1 saturated carbocycles. The average molecular weight is 256 g/mol. The summed E-state index contributed by atoms with van der Waals surface area (Å²) in [6.45, 7) is 0.856. The lowest BCUT2D eigenvalue weighted by Gasteiger charge is -2.09. The lowest BCUT2D eigenvalue weighted by atomic mass is 10.0. The highest BCUT2D eigenvalue weighted by Gasteiger charge is 2.13. The highest BCUT2D eigenvalue weighted by atomic mass is 16.4. The Hall–Kier alpha value is -1.26. The van der Waals surface area contributed by atoms with Gasteiger partial charge in [-0.1, -0.05) is 38.5 Å². The average Bonchev–Trinajstić information content (AvgIpc) is 2.81. The molecule has 0 aromatic rings. The molecule has 3 N–H and O–H groups in total. The van der Waals surface area contributed by atoms with Crippen LogP contribution in [-0.2, 0) is 4.79 Å². The van der Waals surface area contributed by atoms with Crippen molar-refractivity contribution in [2.24, 2.45) is 5.92 Å². The van der Waals surface area contributed by atoms with Gasteiger partial charge in [0.2, 0.25) is 0 Å². The number of carboxylic acid groups (broad SMARTS) is 1. The first-order valence-electron chi connectivity index (χ1n) is 6.92. The number of hydrogen-bond acceptors (Lipinski definition) is 2. The summed E-state index contributed by atoms with van der Waals surface area (Å²) in [6.07, 6.45) is 8.94. The number of rotatable bonds is 8. The van der Waals surface area contributed by atoms with Crippen molar-refractivity contribution < 1.29 is 14.7 Å². The van der Waals surface area contributed by atoms with Gasteiger partial charge in [-0.3, -0.25) is 4.79 Å². The summed E-state index contributed by atoms with van der Waals surface area (Å²) in [4.78, 5) is 21.5. The monoisotopic (exact) mass is 256 g/mol. The molecule has 5 nitrogen and oxygen atoms in total. The number of aliphatic carboxylic acids is 1. The Morgan fingerprint density at radius 1 is 1.06 bits per heavy atom. The van der Waals surface area contributed by atoms with Crippen molar-refractivity contribution in [3.05, 3.63) is 0 Å². The molecular formula is C13H24N2O3. The molecule has 1 rings (SSSR count). The molecule has 0 unspecified atom stereocenters. The van der Waals surface area contributed by atoms with Gasteiger partial charge < -0.3 is 15.7 Å². The van der Waals surface area contributed by atoms with E-state index in [0.717, 1.165) is 12.3 Å². The van der Waals surface area contributed by atoms with Gasteiger partial charge in [-0.15, -0.1) is 0 Å². The second-order valence-electron chi connectivity index (χ2n) is 4.97. The van der Waals surface area contributed by atoms with E-state index in [0.29, 0.717) is 6.54 Å². The van der Waals surface area contributed by atoms with Gasteiger partial charge in [0.1, 0.15) is 0 Å². The molecule has 18 heavy (non-hydrogen) atoms. The summed E-state index contributed by atoms with van der Waals surface area (Å²) >= 11 is 0. The Morgan fingerprint density at radius 3 is 2.39 bits per heavy atom. The summed E-state index contributed by atoms with van der Waals surface area (Å²) in [5, 5.41) is 13.7. The fraction of sp³-hybridized carbons (Fsp3) is 0.846. The minimum Gasteiger partial charge on any atom is -0.481 e. The number of carbonyl (C=O) groups excluding carboxylic acids is 1. The van der Waals surface area contributed by atoms with E-state index >= 15 is 0 Å². The van der Waals surface area contributed by atoms with Crippen molar-refractivity contribution in [3.63, 3.8) is 0 Å². The van der Waals surface area contributed by atoms with Crippen LogP contribution in [-0.4, -0.2) is 30.2 Å². The van der Waals surface area contributed by atoms with E-state index in [1.807, 2.05) is 0 Å². The Kier molecular flexibility index (Phi) is 7.22. The standard InChI is InChI=1S/C13H24N2O3/c16-12(17)8-10-15-13(18)14-9-4-3-7-11-5-1-2-6-11/h11H,1-10H2,(H,16,17)(H2,14,15,18). The van der Waals surface area contributed by atoms with Gasteiger partial charge in [-0.25, -0.2) is 4.79 Å². The summed E-state index contributed by atoms with van der Waals surface area (Å²) in [5.74, 6) is 0.0151. The maximum Gasteiger partial charge on any atom is 0.314 e. The fourth-order valence-electron chi connectivity index (χ4n) is 2.40. The van der Waals surface area contributed by atoms with Crippen molar-refractivity contribution in [2.45, 2.75) is 51.4 Å². The minimum absolute atomic E-state index is 0.0326. The topological polar surface area (TPSA) is 78.4 Å². The van der Waals surface area contributed by atoms with E-state index in [1.165, 1.54) is 38.5 Å². The third-order valence-corrected chi connectivity index (χ3v) is 3.42.